The van der Waals surface area contributed by atoms with Crippen molar-refractivity contribution in [3.05, 3.63) is 0 Å². The third-order valence-electron chi connectivity index (χ3n) is 0.819. The van der Waals surface area contributed by atoms with Crippen LogP contribution in [0.25, 0.3) is 0 Å². The van der Waals surface area contributed by atoms with Crippen molar-refractivity contribution in [3.63, 3.8) is 0 Å². The third-order valence-corrected chi connectivity index (χ3v) is 0.819. The molecule has 1 atom stereocenters. The first-order valence-corrected chi connectivity index (χ1v) is 2.25. The molecule has 60 valence electrons. The maximum absolute atomic E-state index is 12.0. The van der Waals surface area contributed by atoms with Crippen molar-refractivity contribution in [1.29, 1.82) is 0 Å². The van der Waals surface area contributed by atoms with Crippen LogP contribution in [0.3, 0.4) is 0 Å². The van der Waals surface area contributed by atoms with E-state index in [0.717, 1.165) is 7.11 Å². The van der Waals surface area contributed by atoms with Gasteiger partial charge in [0, 0.05) is 7.11 Å². The lowest BCUT2D eigenvalue weighted by Gasteiger charge is -2.15. The van der Waals surface area contributed by atoms with Gasteiger partial charge in [-0.1, -0.05) is 0 Å². The van der Waals surface area contributed by atoms with E-state index >= 15 is 0 Å². The summed E-state index contributed by atoms with van der Waals surface area (Å²) in [7, 11) is 0.779. The van der Waals surface area contributed by atoms with E-state index in [0.29, 0.717) is 0 Å². The van der Waals surface area contributed by atoms with Gasteiger partial charge < -0.3 is 14.9 Å². The quantitative estimate of drug-likeness (QED) is 0.549. The van der Waals surface area contributed by atoms with Crippen molar-refractivity contribution < 1.29 is 28.5 Å². The molecule has 0 aromatic heterocycles. The highest BCUT2D eigenvalue weighted by molar-refractivity contribution is 5.75. The van der Waals surface area contributed by atoms with Crippen LogP contribution in [0.1, 0.15) is 0 Å². The predicted octanol–water partition coefficient (Wildman–Crippen LogP) is -0.329. The maximum atomic E-state index is 12.0. The Hall–Kier alpha value is -0.750. The average molecular weight is 156 g/mol. The van der Waals surface area contributed by atoms with Crippen molar-refractivity contribution in [2.75, 3.05) is 7.11 Å². The lowest BCUT2D eigenvalue weighted by molar-refractivity contribution is -0.231. The van der Waals surface area contributed by atoms with Crippen molar-refractivity contribution >= 4 is 5.97 Å². The van der Waals surface area contributed by atoms with E-state index in [1.54, 1.807) is 0 Å². The van der Waals surface area contributed by atoms with Crippen LogP contribution in [0.2, 0.25) is 0 Å². The smallest absolute Gasteiger partial charge is 0.391 e. The molecule has 0 radical (unpaired) electrons. The van der Waals surface area contributed by atoms with Gasteiger partial charge in [-0.25, -0.2) is 4.79 Å². The predicted molar refractivity (Wildman–Crippen MR) is 25.6 cm³/mol. The van der Waals surface area contributed by atoms with Gasteiger partial charge in [0.15, 0.2) is 0 Å². The number of halogens is 2. The van der Waals surface area contributed by atoms with Gasteiger partial charge in [-0.05, 0) is 0 Å². The van der Waals surface area contributed by atoms with Crippen LogP contribution in [-0.4, -0.2) is 35.5 Å². The van der Waals surface area contributed by atoms with Gasteiger partial charge in [-0.3, -0.25) is 0 Å². The van der Waals surface area contributed by atoms with Crippen LogP contribution < -0.4 is 0 Å². The highest BCUT2D eigenvalue weighted by Gasteiger charge is 2.47. The Kier molecular flexibility index (Phi) is 2.67. The highest BCUT2D eigenvalue weighted by atomic mass is 19.3. The van der Waals surface area contributed by atoms with E-state index in [-0.39, 0.29) is 0 Å². The van der Waals surface area contributed by atoms with Crippen molar-refractivity contribution in [2.24, 2.45) is 0 Å². The summed E-state index contributed by atoms with van der Waals surface area (Å²) in [5.74, 6) is -6.66. The Balaban J connectivity index is 4.23. The molecular weight excluding hydrogens is 150 g/mol. The molecule has 0 saturated heterocycles. The molecule has 0 bridgehead atoms. The van der Waals surface area contributed by atoms with Crippen LogP contribution in [0.4, 0.5) is 8.78 Å². The number of carboxylic acids is 1. The Bertz CT molecular complexity index is 135. The molecule has 0 heterocycles. The number of ether oxygens (including phenoxy) is 1. The summed E-state index contributed by atoms with van der Waals surface area (Å²) < 4.78 is 27.6. The second-order valence-corrected chi connectivity index (χ2v) is 1.52. The van der Waals surface area contributed by atoms with Crippen LogP contribution in [0.15, 0.2) is 0 Å². The van der Waals surface area contributed by atoms with E-state index in [1.807, 2.05) is 0 Å². The Labute approximate surface area is 55.0 Å². The lowest BCUT2D eigenvalue weighted by atomic mass is 10.3. The van der Waals surface area contributed by atoms with E-state index in [9.17, 15) is 13.6 Å². The molecule has 6 heteroatoms. The number of methoxy groups -OCH3 is 1. The third kappa shape index (κ3) is 1.61. The number of hydrogen-bond donors (Lipinski definition) is 2. The van der Waals surface area contributed by atoms with Crippen molar-refractivity contribution in [1.82, 2.24) is 0 Å². The molecule has 0 aliphatic rings. The van der Waals surface area contributed by atoms with Gasteiger partial charge in [0.25, 0.3) is 0 Å². The minimum atomic E-state index is -4.24. The Morgan fingerprint density at radius 3 is 2.20 bits per heavy atom. The zero-order valence-corrected chi connectivity index (χ0v) is 5.04. The largest absolute Gasteiger partial charge is 0.477 e. The monoisotopic (exact) mass is 156 g/mol. The van der Waals surface area contributed by atoms with E-state index in [4.69, 9.17) is 10.2 Å². The van der Waals surface area contributed by atoms with Crippen LogP contribution in [0.5, 0.6) is 0 Å². The minimum absolute atomic E-state index is 0.779. The summed E-state index contributed by atoms with van der Waals surface area (Å²) in [4.78, 5) is 9.63. The summed E-state index contributed by atoms with van der Waals surface area (Å²) in [6.07, 6.45) is -2.59. The molecule has 0 aliphatic heterocycles. The fourth-order valence-electron chi connectivity index (χ4n) is 0.254. The molecule has 0 amide bonds. The minimum Gasteiger partial charge on any atom is -0.477 e. The number of carboxylic acid groups (broad SMARTS) is 1. The topological polar surface area (TPSA) is 66.8 Å². The normalized spacial score (nSPS) is 14.8. The molecule has 10 heavy (non-hydrogen) atoms. The first-order chi connectivity index (χ1) is 4.42. The summed E-state index contributed by atoms with van der Waals surface area (Å²) in [6.45, 7) is 0. The fourth-order valence-corrected chi connectivity index (χ4v) is 0.254. The molecular formula is C4H6F2O4. The summed E-state index contributed by atoms with van der Waals surface area (Å²) >= 11 is 0. The molecule has 0 rings (SSSR count). The highest BCUT2D eigenvalue weighted by Crippen LogP contribution is 2.18. The zero-order chi connectivity index (χ0) is 8.36. The molecule has 0 fully saturated rings. The Morgan fingerprint density at radius 1 is 1.70 bits per heavy atom. The Morgan fingerprint density at radius 2 is 2.10 bits per heavy atom. The number of aliphatic hydroxyl groups excluding tert-OH is 1. The number of carbonyl (C=O) groups is 1. The first-order valence-electron chi connectivity index (χ1n) is 2.25. The molecule has 0 aliphatic carbocycles. The van der Waals surface area contributed by atoms with Crippen LogP contribution in [-0.2, 0) is 9.53 Å². The van der Waals surface area contributed by atoms with Gasteiger partial charge in [0.1, 0.15) is 0 Å². The number of aliphatic carboxylic acids is 1. The van der Waals surface area contributed by atoms with E-state index in [1.165, 1.54) is 0 Å². The van der Waals surface area contributed by atoms with Gasteiger partial charge >= 0.3 is 11.9 Å². The fraction of sp³-hybridized carbons (Fsp3) is 0.750. The number of hydrogen-bond acceptors (Lipinski definition) is 3. The number of aliphatic hydroxyl groups is 1. The lowest BCUT2D eigenvalue weighted by Crippen LogP contribution is -2.42. The summed E-state index contributed by atoms with van der Waals surface area (Å²) in [6, 6.07) is 0. The second-order valence-electron chi connectivity index (χ2n) is 1.52. The number of alkyl halides is 2. The van der Waals surface area contributed by atoms with Gasteiger partial charge in [-0.2, -0.15) is 8.78 Å². The van der Waals surface area contributed by atoms with Crippen molar-refractivity contribution in [3.8, 4) is 0 Å². The molecule has 0 aromatic carbocycles. The van der Waals surface area contributed by atoms with Gasteiger partial charge in [0.2, 0.25) is 6.29 Å². The molecule has 1 unspecified atom stereocenters. The van der Waals surface area contributed by atoms with Crippen LogP contribution >= 0.6 is 0 Å². The van der Waals surface area contributed by atoms with Crippen molar-refractivity contribution in [2.45, 2.75) is 12.2 Å². The SMILES string of the molecule is COC(O)C(F)(F)C(=O)O. The molecule has 0 spiro atoms. The van der Waals surface area contributed by atoms with Gasteiger partial charge in [0.05, 0.1) is 0 Å². The zero-order valence-electron chi connectivity index (χ0n) is 5.04. The summed E-state index contributed by atoms with van der Waals surface area (Å²) in [5, 5.41) is 16.0. The maximum Gasteiger partial charge on any atom is 0.391 e. The standard InChI is InChI=1S/C4H6F2O4/c1-10-3(9)4(5,6)2(7)8/h3,9H,1H3,(H,7,8). The first kappa shape index (κ1) is 9.25. The summed E-state index contributed by atoms with van der Waals surface area (Å²) in [5.41, 5.74) is 0. The van der Waals surface area contributed by atoms with E-state index in [2.05, 4.69) is 4.74 Å². The molecule has 4 nitrogen and oxygen atoms in total. The molecule has 2 N–H and O–H groups in total. The second kappa shape index (κ2) is 2.89. The van der Waals surface area contributed by atoms with Crippen LogP contribution in [0, 0.1) is 0 Å². The average Bonchev–Trinajstić information content (AvgIpc) is 1.86. The van der Waals surface area contributed by atoms with E-state index < -0.39 is 18.2 Å². The molecule has 0 saturated carbocycles. The number of rotatable bonds is 3. The molecule has 0 aromatic rings. The van der Waals surface area contributed by atoms with Gasteiger partial charge in [-0.15, -0.1) is 0 Å².